The molecule has 0 spiro atoms. The minimum Gasteiger partial charge on any atom is -0.302 e. The maximum Gasteiger partial charge on any atom is 0.232 e. The number of thiazole rings is 1. The molecule has 0 saturated carbocycles. The molecule has 1 aromatic carbocycles. The molecule has 1 N–H and O–H groups in total. The molecule has 2 heterocycles. The molecule has 0 fully saturated rings. The summed E-state index contributed by atoms with van der Waals surface area (Å²) < 4.78 is 25.4. The molecule has 23 heavy (non-hydrogen) atoms. The fraction of sp³-hybridized carbons (Fsp3) is 0.333. The number of nitrogens with zero attached hydrogens (tertiary/aromatic N) is 2. The van der Waals surface area contributed by atoms with Crippen molar-refractivity contribution in [2.75, 3.05) is 15.9 Å². The van der Waals surface area contributed by atoms with E-state index in [0.29, 0.717) is 11.6 Å². The number of carbonyl (C=O) groups is 1. The highest BCUT2D eigenvalue weighted by molar-refractivity contribution is 7.92. The Hall–Kier alpha value is -1.93. The topological polar surface area (TPSA) is 79.4 Å². The number of hydrogen-bond acceptors (Lipinski definition) is 5. The van der Waals surface area contributed by atoms with Gasteiger partial charge in [-0.1, -0.05) is 6.07 Å². The Balaban J connectivity index is 1.95. The van der Waals surface area contributed by atoms with E-state index in [0.717, 1.165) is 22.5 Å². The molecule has 0 bridgehead atoms. The first kappa shape index (κ1) is 15.9. The summed E-state index contributed by atoms with van der Waals surface area (Å²) in [5.74, 6) is -0.155. The summed E-state index contributed by atoms with van der Waals surface area (Å²) in [6.45, 7) is 3.34. The Morgan fingerprint density at radius 1 is 1.43 bits per heavy atom. The van der Waals surface area contributed by atoms with Crippen LogP contribution in [0.2, 0.25) is 0 Å². The molecule has 1 atom stereocenters. The van der Waals surface area contributed by atoms with Crippen LogP contribution < -0.4 is 9.62 Å². The molecular weight excluding hydrogens is 334 g/mol. The highest BCUT2D eigenvalue weighted by Gasteiger charge is 2.32. The molecule has 122 valence electrons. The maximum atomic E-state index is 11.9. The van der Waals surface area contributed by atoms with Gasteiger partial charge in [-0.3, -0.25) is 9.10 Å². The van der Waals surface area contributed by atoms with Gasteiger partial charge < -0.3 is 5.32 Å². The smallest absolute Gasteiger partial charge is 0.232 e. The first-order valence-electron chi connectivity index (χ1n) is 7.11. The molecule has 0 aliphatic carbocycles. The van der Waals surface area contributed by atoms with Crippen LogP contribution in [0.4, 0.5) is 10.8 Å². The zero-order valence-electron chi connectivity index (χ0n) is 13.0. The summed E-state index contributed by atoms with van der Waals surface area (Å²) in [5, 5.41) is 5.09. The fourth-order valence-electron chi connectivity index (χ4n) is 2.88. The number of hydrogen-bond donors (Lipinski definition) is 1. The van der Waals surface area contributed by atoms with Crippen LogP contribution in [0.5, 0.6) is 0 Å². The third kappa shape index (κ3) is 3.09. The number of amides is 1. The molecular formula is C15H17N3O3S2. The standard InChI is InChI=1S/C15H17N3O3S2/c1-9-6-12-7-11(4-5-14(12)18(9)23(3,20)21)13-8-22-15(17-13)16-10(2)19/h4-5,7-9H,6H2,1-3H3,(H,16,17,19)/t9-/m1/s1. The predicted molar refractivity (Wildman–Crippen MR) is 92.3 cm³/mol. The van der Waals surface area contributed by atoms with Crippen LogP contribution >= 0.6 is 11.3 Å². The maximum absolute atomic E-state index is 11.9. The monoisotopic (exact) mass is 351 g/mol. The van der Waals surface area contributed by atoms with Crippen molar-refractivity contribution in [1.82, 2.24) is 4.98 Å². The third-order valence-corrected chi connectivity index (χ3v) is 5.70. The third-order valence-electron chi connectivity index (χ3n) is 3.67. The van der Waals surface area contributed by atoms with Crippen molar-refractivity contribution in [2.45, 2.75) is 26.3 Å². The second-order valence-corrected chi connectivity index (χ2v) is 8.39. The van der Waals surface area contributed by atoms with Gasteiger partial charge in [0.15, 0.2) is 5.13 Å². The highest BCUT2D eigenvalue weighted by atomic mass is 32.2. The van der Waals surface area contributed by atoms with Crippen LogP contribution in [0.1, 0.15) is 19.4 Å². The Morgan fingerprint density at radius 3 is 2.83 bits per heavy atom. The van der Waals surface area contributed by atoms with E-state index in [1.54, 1.807) is 0 Å². The van der Waals surface area contributed by atoms with E-state index in [1.807, 2.05) is 30.5 Å². The molecule has 1 aliphatic heterocycles. The van der Waals surface area contributed by atoms with E-state index in [-0.39, 0.29) is 11.9 Å². The first-order chi connectivity index (χ1) is 10.8. The molecule has 0 saturated heterocycles. The van der Waals surface area contributed by atoms with Crippen LogP contribution in [0, 0.1) is 0 Å². The lowest BCUT2D eigenvalue weighted by Gasteiger charge is -2.21. The molecule has 1 aromatic heterocycles. The van der Waals surface area contributed by atoms with Crippen LogP contribution in [0.3, 0.4) is 0 Å². The lowest BCUT2D eigenvalue weighted by molar-refractivity contribution is -0.114. The number of fused-ring (bicyclic) bond motifs is 1. The van der Waals surface area contributed by atoms with Gasteiger partial charge in [-0.25, -0.2) is 13.4 Å². The lowest BCUT2D eigenvalue weighted by atomic mass is 10.1. The molecule has 0 unspecified atom stereocenters. The second kappa shape index (κ2) is 5.61. The van der Waals surface area contributed by atoms with Crippen molar-refractivity contribution in [3.63, 3.8) is 0 Å². The van der Waals surface area contributed by atoms with Gasteiger partial charge >= 0.3 is 0 Å². The zero-order chi connectivity index (χ0) is 16.8. The number of benzene rings is 1. The summed E-state index contributed by atoms with van der Waals surface area (Å²) >= 11 is 1.36. The van der Waals surface area contributed by atoms with Crippen LogP contribution in [0.25, 0.3) is 11.3 Å². The number of anilines is 2. The average Bonchev–Trinajstić information content (AvgIpc) is 2.99. The van der Waals surface area contributed by atoms with Crippen molar-refractivity contribution in [2.24, 2.45) is 0 Å². The van der Waals surface area contributed by atoms with E-state index < -0.39 is 10.0 Å². The Bertz CT molecular complexity index is 874. The first-order valence-corrected chi connectivity index (χ1v) is 9.84. The quantitative estimate of drug-likeness (QED) is 0.921. The van der Waals surface area contributed by atoms with Gasteiger partial charge in [0.2, 0.25) is 15.9 Å². The van der Waals surface area contributed by atoms with Gasteiger partial charge in [0.05, 0.1) is 17.6 Å². The number of carbonyl (C=O) groups excluding carboxylic acids is 1. The minimum absolute atomic E-state index is 0.0828. The van der Waals surface area contributed by atoms with Crippen molar-refractivity contribution in [1.29, 1.82) is 0 Å². The van der Waals surface area contributed by atoms with Crippen molar-refractivity contribution < 1.29 is 13.2 Å². The minimum atomic E-state index is -3.28. The number of rotatable bonds is 3. The number of nitrogens with one attached hydrogen (secondary N) is 1. The van der Waals surface area contributed by atoms with Crippen LogP contribution in [0.15, 0.2) is 23.6 Å². The van der Waals surface area contributed by atoms with E-state index in [4.69, 9.17) is 0 Å². The highest BCUT2D eigenvalue weighted by Crippen LogP contribution is 2.37. The van der Waals surface area contributed by atoms with E-state index in [2.05, 4.69) is 10.3 Å². The predicted octanol–water partition coefficient (Wildman–Crippen LogP) is 2.48. The van der Waals surface area contributed by atoms with Gasteiger partial charge in [-0.05, 0) is 31.0 Å². The van der Waals surface area contributed by atoms with Gasteiger partial charge in [-0.2, -0.15) is 0 Å². The average molecular weight is 351 g/mol. The largest absolute Gasteiger partial charge is 0.302 e. The number of sulfonamides is 1. The molecule has 1 amide bonds. The fourth-order valence-corrected chi connectivity index (χ4v) is 4.91. The molecule has 6 nitrogen and oxygen atoms in total. The summed E-state index contributed by atoms with van der Waals surface area (Å²) in [6.07, 6.45) is 1.91. The normalized spacial score (nSPS) is 17.2. The summed E-state index contributed by atoms with van der Waals surface area (Å²) in [5.41, 5.74) is 3.42. The van der Waals surface area contributed by atoms with E-state index in [9.17, 15) is 13.2 Å². The van der Waals surface area contributed by atoms with Gasteiger partial charge in [0, 0.05) is 23.9 Å². The lowest BCUT2D eigenvalue weighted by Crippen LogP contribution is -2.34. The van der Waals surface area contributed by atoms with Gasteiger partial charge in [0.25, 0.3) is 0 Å². The van der Waals surface area contributed by atoms with Gasteiger partial charge in [0.1, 0.15) is 0 Å². The molecule has 0 radical (unpaired) electrons. The second-order valence-electron chi connectivity index (χ2n) is 5.67. The Kier molecular flexibility index (Phi) is 3.89. The Morgan fingerprint density at radius 2 is 2.17 bits per heavy atom. The van der Waals surface area contributed by atoms with Crippen molar-refractivity contribution in [3.8, 4) is 11.3 Å². The van der Waals surface area contributed by atoms with Gasteiger partial charge in [-0.15, -0.1) is 11.3 Å². The van der Waals surface area contributed by atoms with E-state index in [1.165, 1.54) is 28.8 Å². The summed E-state index contributed by atoms with van der Waals surface area (Å²) in [4.78, 5) is 15.5. The molecule has 1 aliphatic rings. The Labute approximate surface area is 139 Å². The van der Waals surface area contributed by atoms with Crippen LogP contribution in [-0.4, -0.2) is 31.6 Å². The van der Waals surface area contributed by atoms with Crippen molar-refractivity contribution >= 4 is 38.1 Å². The summed E-state index contributed by atoms with van der Waals surface area (Å²) in [6, 6.07) is 5.58. The van der Waals surface area contributed by atoms with Crippen LogP contribution in [-0.2, 0) is 21.2 Å². The molecule has 2 aromatic rings. The molecule has 3 rings (SSSR count). The van der Waals surface area contributed by atoms with E-state index >= 15 is 0 Å². The SMILES string of the molecule is CC(=O)Nc1nc(-c2ccc3c(c2)C[C@@H](C)N3S(C)(=O)=O)cs1. The summed E-state index contributed by atoms with van der Waals surface area (Å²) in [7, 11) is -3.28. The zero-order valence-corrected chi connectivity index (χ0v) is 14.7. The number of aromatic nitrogens is 1. The molecule has 8 heteroatoms. The van der Waals surface area contributed by atoms with Crippen molar-refractivity contribution in [3.05, 3.63) is 29.1 Å².